The molecular formula is C15H29N3O. The summed E-state index contributed by atoms with van der Waals surface area (Å²) >= 11 is 0. The van der Waals surface area contributed by atoms with Gasteiger partial charge in [-0.05, 0) is 58.2 Å². The van der Waals surface area contributed by atoms with E-state index in [2.05, 4.69) is 22.5 Å². The van der Waals surface area contributed by atoms with Crippen LogP contribution in [0.25, 0.3) is 0 Å². The van der Waals surface area contributed by atoms with E-state index in [0.29, 0.717) is 0 Å². The summed E-state index contributed by atoms with van der Waals surface area (Å²) in [4.78, 5) is 14.3. The van der Waals surface area contributed by atoms with Crippen LogP contribution in [0.3, 0.4) is 0 Å². The second kappa shape index (κ2) is 7.25. The molecule has 0 aromatic rings. The molecule has 0 unspecified atom stereocenters. The molecule has 1 amide bonds. The summed E-state index contributed by atoms with van der Waals surface area (Å²) < 4.78 is 0. The van der Waals surface area contributed by atoms with Crippen molar-refractivity contribution >= 4 is 5.91 Å². The number of rotatable bonds is 4. The van der Waals surface area contributed by atoms with E-state index in [4.69, 9.17) is 0 Å². The van der Waals surface area contributed by atoms with Crippen LogP contribution in [-0.4, -0.2) is 49.6 Å². The lowest BCUT2D eigenvalue weighted by atomic mass is 9.87. The van der Waals surface area contributed by atoms with Gasteiger partial charge in [-0.25, -0.2) is 0 Å². The maximum absolute atomic E-state index is 11.6. The topological polar surface area (TPSA) is 44.4 Å². The van der Waals surface area contributed by atoms with Crippen molar-refractivity contribution in [2.45, 2.75) is 57.5 Å². The van der Waals surface area contributed by atoms with Gasteiger partial charge < -0.3 is 15.5 Å². The number of nitrogens with one attached hydrogen (secondary N) is 2. The number of hydrogen-bond donors (Lipinski definition) is 2. The molecule has 0 aromatic heterocycles. The Morgan fingerprint density at radius 3 is 2.26 bits per heavy atom. The average molecular weight is 267 g/mol. The molecule has 0 atom stereocenters. The highest BCUT2D eigenvalue weighted by Gasteiger charge is 2.30. The summed E-state index contributed by atoms with van der Waals surface area (Å²) in [7, 11) is 1.75. The van der Waals surface area contributed by atoms with Crippen molar-refractivity contribution in [1.29, 1.82) is 0 Å². The Kier molecular flexibility index (Phi) is 5.64. The first-order valence-electron chi connectivity index (χ1n) is 7.93. The van der Waals surface area contributed by atoms with Gasteiger partial charge in [0.25, 0.3) is 0 Å². The van der Waals surface area contributed by atoms with E-state index in [0.717, 1.165) is 44.6 Å². The predicted octanol–water partition coefficient (Wildman–Crippen LogP) is 1.37. The van der Waals surface area contributed by atoms with Gasteiger partial charge in [0, 0.05) is 25.0 Å². The van der Waals surface area contributed by atoms with Crippen LogP contribution in [-0.2, 0) is 4.79 Å². The van der Waals surface area contributed by atoms with E-state index >= 15 is 0 Å². The summed E-state index contributed by atoms with van der Waals surface area (Å²) in [5.41, 5.74) is 0. The molecule has 19 heavy (non-hydrogen) atoms. The van der Waals surface area contributed by atoms with E-state index < -0.39 is 0 Å². The molecule has 1 aliphatic heterocycles. The summed E-state index contributed by atoms with van der Waals surface area (Å²) in [5, 5.41) is 6.35. The van der Waals surface area contributed by atoms with Crippen LogP contribution in [0, 0.1) is 5.92 Å². The second-order valence-corrected chi connectivity index (χ2v) is 5.99. The fourth-order valence-electron chi connectivity index (χ4n) is 3.66. The van der Waals surface area contributed by atoms with Crippen molar-refractivity contribution in [3.8, 4) is 0 Å². The van der Waals surface area contributed by atoms with Crippen molar-refractivity contribution in [2.75, 3.05) is 26.7 Å². The highest BCUT2D eigenvalue weighted by atomic mass is 16.1. The van der Waals surface area contributed by atoms with Crippen LogP contribution in [0.5, 0.6) is 0 Å². The van der Waals surface area contributed by atoms with Gasteiger partial charge in [0.2, 0.25) is 5.91 Å². The second-order valence-electron chi connectivity index (χ2n) is 5.99. The van der Waals surface area contributed by atoms with E-state index in [1.54, 1.807) is 7.05 Å². The quantitative estimate of drug-likeness (QED) is 0.808. The van der Waals surface area contributed by atoms with Gasteiger partial charge in [0.15, 0.2) is 0 Å². The molecule has 2 aliphatic rings. The molecule has 1 saturated heterocycles. The van der Waals surface area contributed by atoms with Gasteiger partial charge in [0.05, 0.1) is 0 Å². The zero-order valence-corrected chi connectivity index (χ0v) is 12.5. The van der Waals surface area contributed by atoms with Crippen LogP contribution >= 0.6 is 0 Å². The molecule has 2 N–H and O–H groups in total. The monoisotopic (exact) mass is 267 g/mol. The predicted molar refractivity (Wildman–Crippen MR) is 78.1 cm³/mol. The minimum Gasteiger partial charge on any atom is -0.359 e. The molecule has 0 spiro atoms. The molecule has 110 valence electrons. The molecule has 2 fully saturated rings. The summed E-state index contributed by atoms with van der Waals surface area (Å²) in [6, 6.07) is 1.50. The van der Waals surface area contributed by atoms with E-state index in [1.807, 2.05) is 0 Å². The third kappa shape index (κ3) is 3.93. The molecule has 4 nitrogen and oxygen atoms in total. The summed E-state index contributed by atoms with van der Waals surface area (Å²) in [6.07, 6.45) is 7.34. The maximum Gasteiger partial charge on any atom is 0.222 e. The van der Waals surface area contributed by atoms with Gasteiger partial charge in [-0.15, -0.1) is 0 Å². The maximum atomic E-state index is 11.6. The zero-order chi connectivity index (χ0) is 13.7. The van der Waals surface area contributed by atoms with Crippen LogP contribution in [0.4, 0.5) is 0 Å². The first kappa shape index (κ1) is 14.8. The average Bonchev–Trinajstić information content (AvgIpc) is 2.48. The smallest absolute Gasteiger partial charge is 0.222 e. The number of likely N-dealkylation sites (tertiary alicyclic amines) is 1. The number of piperidine rings is 1. The van der Waals surface area contributed by atoms with Crippen molar-refractivity contribution in [1.82, 2.24) is 15.5 Å². The van der Waals surface area contributed by atoms with Crippen LogP contribution < -0.4 is 10.6 Å². The summed E-state index contributed by atoms with van der Waals surface area (Å²) in [5.74, 6) is 0.481. The first-order chi connectivity index (χ1) is 9.24. The van der Waals surface area contributed by atoms with Gasteiger partial charge in [0.1, 0.15) is 0 Å². The standard InChI is InChI=1S/C15H29N3O/c1-3-17-13-4-6-14(7-5-13)18-10-8-12(9-11-18)15(19)16-2/h12-14,17H,3-11H2,1-2H3,(H,16,19). The number of nitrogens with zero attached hydrogens (tertiary/aromatic N) is 1. The minimum absolute atomic E-state index is 0.232. The molecule has 4 heteroatoms. The molecule has 2 rings (SSSR count). The molecule has 0 radical (unpaired) electrons. The Hall–Kier alpha value is -0.610. The lowest BCUT2D eigenvalue weighted by Gasteiger charge is -2.40. The van der Waals surface area contributed by atoms with Crippen LogP contribution in [0.2, 0.25) is 0 Å². The normalized spacial score (nSPS) is 30.2. The number of carbonyl (C=O) groups excluding carboxylic acids is 1. The SMILES string of the molecule is CCNC1CCC(N2CCC(C(=O)NC)CC2)CC1. The van der Waals surface area contributed by atoms with Crippen molar-refractivity contribution in [3.63, 3.8) is 0 Å². The fourth-order valence-corrected chi connectivity index (χ4v) is 3.66. The molecule has 0 aromatic carbocycles. The van der Waals surface area contributed by atoms with Crippen LogP contribution in [0.1, 0.15) is 45.4 Å². The number of amides is 1. The van der Waals surface area contributed by atoms with Crippen LogP contribution in [0.15, 0.2) is 0 Å². The van der Waals surface area contributed by atoms with Crippen molar-refractivity contribution < 1.29 is 4.79 Å². The number of carbonyl (C=O) groups is 1. The highest BCUT2D eigenvalue weighted by molar-refractivity contribution is 5.78. The largest absolute Gasteiger partial charge is 0.359 e. The third-order valence-electron chi connectivity index (χ3n) is 4.85. The Balaban J connectivity index is 1.72. The zero-order valence-electron chi connectivity index (χ0n) is 12.5. The van der Waals surface area contributed by atoms with Crippen molar-refractivity contribution in [2.24, 2.45) is 5.92 Å². The molecule has 0 bridgehead atoms. The Labute approximate surface area is 117 Å². The lowest BCUT2D eigenvalue weighted by molar-refractivity contribution is -0.126. The summed E-state index contributed by atoms with van der Waals surface area (Å²) in [6.45, 7) is 5.49. The number of hydrogen-bond acceptors (Lipinski definition) is 3. The third-order valence-corrected chi connectivity index (χ3v) is 4.85. The molecular weight excluding hydrogens is 238 g/mol. The van der Waals surface area contributed by atoms with E-state index in [-0.39, 0.29) is 11.8 Å². The molecule has 1 aliphatic carbocycles. The first-order valence-corrected chi connectivity index (χ1v) is 7.93. The minimum atomic E-state index is 0.232. The Morgan fingerprint density at radius 2 is 1.74 bits per heavy atom. The molecule has 1 saturated carbocycles. The molecule has 1 heterocycles. The van der Waals surface area contributed by atoms with E-state index in [1.165, 1.54) is 25.7 Å². The van der Waals surface area contributed by atoms with Gasteiger partial charge in [-0.1, -0.05) is 6.92 Å². The van der Waals surface area contributed by atoms with Gasteiger partial charge in [-0.3, -0.25) is 4.79 Å². The Morgan fingerprint density at radius 1 is 1.11 bits per heavy atom. The lowest BCUT2D eigenvalue weighted by Crippen LogP contribution is -2.47. The van der Waals surface area contributed by atoms with E-state index in [9.17, 15) is 4.79 Å². The van der Waals surface area contributed by atoms with Crippen molar-refractivity contribution in [3.05, 3.63) is 0 Å². The fraction of sp³-hybridized carbons (Fsp3) is 0.933. The Bertz CT molecular complexity index is 279. The highest BCUT2D eigenvalue weighted by Crippen LogP contribution is 2.27. The van der Waals surface area contributed by atoms with Gasteiger partial charge in [-0.2, -0.15) is 0 Å². The van der Waals surface area contributed by atoms with Gasteiger partial charge >= 0.3 is 0 Å².